The lowest BCUT2D eigenvalue weighted by Crippen LogP contribution is -2.12. The van der Waals surface area contributed by atoms with Gasteiger partial charge < -0.3 is 10.3 Å². The Balaban J connectivity index is 2.51. The van der Waals surface area contributed by atoms with Crippen LogP contribution < -0.4 is 5.32 Å². The van der Waals surface area contributed by atoms with E-state index in [9.17, 15) is 0 Å². The molecule has 74 valence electrons. The predicted octanol–water partition coefficient (Wildman–Crippen LogP) is 3.10. The number of benzene rings is 1. The first kappa shape index (κ1) is 9.56. The van der Waals surface area contributed by atoms with E-state index in [1.54, 1.807) is 0 Å². The molecule has 0 fully saturated rings. The maximum Gasteiger partial charge on any atom is 0.0457 e. The lowest BCUT2D eigenvalue weighted by atomic mass is 10.2. The van der Waals surface area contributed by atoms with Crippen molar-refractivity contribution in [3.05, 3.63) is 35.0 Å². The van der Waals surface area contributed by atoms with Gasteiger partial charge in [0.2, 0.25) is 0 Å². The van der Waals surface area contributed by atoms with Crippen LogP contribution in [0.4, 0.5) is 0 Å². The number of fused-ring (bicyclic) bond motifs is 1. The van der Waals surface area contributed by atoms with Crippen molar-refractivity contribution >= 4 is 22.5 Å². The Bertz CT molecular complexity index is 447. The number of halogens is 1. The average molecular weight is 209 g/mol. The summed E-state index contributed by atoms with van der Waals surface area (Å²) in [6.07, 6.45) is 0. The molecule has 0 aliphatic heterocycles. The van der Waals surface area contributed by atoms with Crippen LogP contribution >= 0.6 is 11.6 Å². The lowest BCUT2D eigenvalue weighted by Gasteiger charge is -2.05. The van der Waals surface area contributed by atoms with E-state index < -0.39 is 0 Å². The lowest BCUT2D eigenvalue weighted by molar-refractivity contribution is 0.638. The number of aromatic amines is 1. The van der Waals surface area contributed by atoms with Crippen molar-refractivity contribution in [2.24, 2.45) is 0 Å². The second-order valence-corrected chi connectivity index (χ2v) is 3.90. The van der Waals surface area contributed by atoms with Gasteiger partial charge in [0.05, 0.1) is 0 Å². The number of aromatic nitrogens is 1. The van der Waals surface area contributed by atoms with Gasteiger partial charge in [-0.05, 0) is 38.2 Å². The van der Waals surface area contributed by atoms with Gasteiger partial charge in [-0.1, -0.05) is 11.6 Å². The first-order chi connectivity index (χ1) is 6.70. The number of nitrogens with one attached hydrogen (secondary N) is 2. The van der Waals surface area contributed by atoms with Crippen LogP contribution in [0.25, 0.3) is 10.9 Å². The topological polar surface area (TPSA) is 27.8 Å². The highest BCUT2D eigenvalue weighted by molar-refractivity contribution is 6.31. The molecule has 1 aromatic heterocycles. The van der Waals surface area contributed by atoms with E-state index in [2.05, 4.69) is 23.3 Å². The third-order valence-corrected chi connectivity index (χ3v) is 2.74. The first-order valence-electron chi connectivity index (χ1n) is 4.66. The van der Waals surface area contributed by atoms with Crippen LogP contribution in [0.5, 0.6) is 0 Å². The molecule has 0 spiro atoms. The molecule has 0 amide bonds. The molecule has 0 radical (unpaired) electrons. The van der Waals surface area contributed by atoms with Crippen LogP contribution in [0.2, 0.25) is 5.02 Å². The summed E-state index contributed by atoms with van der Waals surface area (Å²) in [4.78, 5) is 3.35. The van der Waals surface area contributed by atoms with Crippen LogP contribution in [0.3, 0.4) is 0 Å². The monoisotopic (exact) mass is 208 g/mol. The minimum atomic E-state index is 0.334. The van der Waals surface area contributed by atoms with E-state index in [0.29, 0.717) is 6.04 Å². The quantitative estimate of drug-likeness (QED) is 0.780. The third kappa shape index (κ3) is 1.63. The molecule has 14 heavy (non-hydrogen) atoms. The molecular formula is C11H13ClN2. The summed E-state index contributed by atoms with van der Waals surface area (Å²) < 4.78 is 0. The van der Waals surface area contributed by atoms with Crippen molar-refractivity contribution in [1.82, 2.24) is 10.3 Å². The summed E-state index contributed by atoms with van der Waals surface area (Å²) >= 11 is 5.91. The average Bonchev–Trinajstić information content (AvgIpc) is 2.59. The molecule has 0 aliphatic carbocycles. The molecule has 0 saturated carbocycles. The molecule has 0 bridgehead atoms. The summed E-state index contributed by atoms with van der Waals surface area (Å²) in [7, 11) is 1.95. The Kier molecular flexibility index (Phi) is 2.48. The van der Waals surface area contributed by atoms with Gasteiger partial charge in [0, 0.05) is 27.7 Å². The Morgan fingerprint density at radius 2 is 2.14 bits per heavy atom. The number of H-pyrrole nitrogens is 1. The van der Waals surface area contributed by atoms with Gasteiger partial charge in [0.15, 0.2) is 0 Å². The fraction of sp³-hybridized carbons (Fsp3) is 0.273. The summed E-state index contributed by atoms with van der Waals surface area (Å²) in [5, 5.41) is 5.13. The molecule has 3 heteroatoms. The van der Waals surface area contributed by atoms with Crippen LogP contribution in [0.1, 0.15) is 18.7 Å². The summed E-state index contributed by atoms with van der Waals surface area (Å²) in [5.74, 6) is 0. The molecule has 2 N–H and O–H groups in total. The molecule has 2 rings (SSSR count). The SMILES string of the molecule is CNC(C)c1cc2cc(Cl)ccc2[nH]1. The fourth-order valence-corrected chi connectivity index (χ4v) is 1.70. The fourth-order valence-electron chi connectivity index (χ4n) is 1.51. The Morgan fingerprint density at radius 3 is 2.86 bits per heavy atom. The van der Waals surface area contributed by atoms with Crippen molar-refractivity contribution in [2.75, 3.05) is 7.05 Å². The number of hydrogen-bond donors (Lipinski definition) is 2. The molecule has 2 nitrogen and oxygen atoms in total. The van der Waals surface area contributed by atoms with Crippen LogP contribution in [-0.2, 0) is 0 Å². The highest BCUT2D eigenvalue weighted by atomic mass is 35.5. The Morgan fingerprint density at radius 1 is 1.36 bits per heavy atom. The normalized spacial score (nSPS) is 13.4. The third-order valence-electron chi connectivity index (χ3n) is 2.50. The molecule has 0 saturated heterocycles. The molecular weight excluding hydrogens is 196 g/mol. The van der Waals surface area contributed by atoms with Crippen LogP contribution in [0.15, 0.2) is 24.3 Å². The smallest absolute Gasteiger partial charge is 0.0457 e. The van der Waals surface area contributed by atoms with Gasteiger partial charge in [-0.3, -0.25) is 0 Å². The minimum Gasteiger partial charge on any atom is -0.357 e. The second kappa shape index (κ2) is 3.64. The zero-order valence-electron chi connectivity index (χ0n) is 8.26. The number of hydrogen-bond acceptors (Lipinski definition) is 1. The van der Waals surface area contributed by atoms with Gasteiger partial charge in [-0.25, -0.2) is 0 Å². The summed E-state index contributed by atoms with van der Waals surface area (Å²) in [5.41, 5.74) is 2.32. The molecule has 2 aromatic rings. The zero-order valence-corrected chi connectivity index (χ0v) is 9.02. The zero-order chi connectivity index (χ0) is 10.1. The number of rotatable bonds is 2. The standard InChI is InChI=1S/C11H13ClN2/c1-7(13-2)11-6-8-5-9(12)3-4-10(8)14-11/h3-7,13-14H,1-2H3. The van der Waals surface area contributed by atoms with Crippen molar-refractivity contribution in [1.29, 1.82) is 0 Å². The molecule has 1 aromatic carbocycles. The molecule has 0 aliphatic rings. The predicted molar refractivity (Wildman–Crippen MR) is 60.8 cm³/mol. The second-order valence-electron chi connectivity index (χ2n) is 3.47. The van der Waals surface area contributed by atoms with Crippen molar-refractivity contribution in [2.45, 2.75) is 13.0 Å². The highest BCUT2D eigenvalue weighted by Gasteiger charge is 2.06. The first-order valence-corrected chi connectivity index (χ1v) is 5.04. The highest BCUT2D eigenvalue weighted by Crippen LogP contribution is 2.22. The van der Waals surface area contributed by atoms with Gasteiger partial charge in [-0.15, -0.1) is 0 Å². The van der Waals surface area contributed by atoms with Crippen molar-refractivity contribution in [3.8, 4) is 0 Å². The van der Waals surface area contributed by atoms with E-state index in [1.807, 2.05) is 25.2 Å². The van der Waals surface area contributed by atoms with Gasteiger partial charge in [0.1, 0.15) is 0 Å². The van der Waals surface area contributed by atoms with Gasteiger partial charge in [-0.2, -0.15) is 0 Å². The summed E-state index contributed by atoms with van der Waals surface area (Å²) in [6, 6.07) is 8.33. The van der Waals surface area contributed by atoms with E-state index in [1.165, 1.54) is 5.69 Å². The van der Waals surface area contributed by atoms with Gasteiger partial charge >= 0.3 is 0 Å². The van der Waals surface area contributed by atoms with E-state index >= 15 is 0 Å². The van der Waals surface area contributed by atoms with E-state index in [-0.39, 0.29) is 0 Å². The van der Waals surface area contributed by atoms with Crippen LogP contribution in [0, 0.1) is 0 Å². The Hall–Kier alpha value is -0.990. The van der Waals surface area contributed by atoms with Crippen molar-refractivity contribution in [3.63, 3.8) is 0 Å². The Labute approximate surface area is 88.3 Å². The molecule has 1 heterocycles. The van der Waals surface area contributed by atoms with Gasteiger partial charge in [0.25, 0.3) is 0 Å². The van der Waals surface area contributed by atoms with Crippen molar-refractivity contribution < 1.29 is 0 Å². The maximum atomic E-state index is 5.91. The van der Waals surface area contributed by atoms with Crippen LogP contribution in [-0.4, -0.2) is 12.0 Å². The minimum absolute atomic E-state index is 0.334. The summed E-state index contributed by atoms with van der Waals surface area (Å²) in [6.45, 7) is 2.12. The van der Waals surface area contributed by atoms with E-state index in [0.717, 1.165) is 15.9 Å². The van der Waals surface area contributed by atoms with E-state index in [4.69, 9.17) is 11.6 Å². The largest absolute Gasteiger partial charge is 0.357 e. The molecule has 1 atom stereocenters. The maximum absolute atomic E-state index is 5.91. The molecule has 1 unspecified atom stereocenters.